The summed E-state index contributed by atoms with van der Waals surface area (Å²) in [6, 6.07) is 8.30. The normalized spacial score (nSPS) is 19.1. The van der Waals surface area contributed by atoms with E-state index in [9.17, 15) is 4.79 Å². The van der Waals surface area contributed by atoms with Crippen molar-refractivity contribution < 1.29 is 4.79 Å². The Morgan fingerprint density at radius 2 is 2.06 bits per heavy atom. The Labute approximate surface area is 96.6 Å². The minimum atomic E-state index is 0.114. The molecular weight excluding hydrogens is 198 g/mol. The Bertz CT molecular complexity index is 448. The molecule has 0 N–H and O–H groups in total. The maximum Gasteiger partial charge on any atom is 0.224 e. The highest BCUT2D eigenvalue weighted by Gasteiger charge is 2.26. The van der Waals surface area contributed by atoms with Crippen LogP contribution in [0.1, 0.15) is 32.8 Å². The number of hydrogen-bond donors (Lipinski definition) is 0. The van der Waals surface area contributed by atoms with Crippen LogP contribution in [0.15, 0.2) is 30.3 Å². The molecule has 1 atom stereocenters. The fraction of sp³-hybridized carbons (Fsp3) is 0.357. The largest absolute Gasteiger partial charge is 0.305 e. The number of nitrogens with zero attached hydrogens (tertiary/aromatic N) is 1. The molecule has 1 aromatic carbocycles. The van der Waals surface area contributed by atoms with Crippen molar-refractivity contribution in [2.75, 3.05) is 4.90 Å². The van der Waals surface area contributed by atoms with E-state index >= 15 is 0 Å². The predicted octanol–water partition coefficient (Wildman–Crippen LogP) is 3.24. The van der Waals surface area contributed by atoms with Crippen LogP contribution in [0.4, 0.5) is 5.69 Å². The Hall–Kier alpha value is -1.57. The zero-order chi connectivity index (χ0) is 11.7. The summed E-state index contributed by atoms with van der Waals surface area (Å²) in [5, 5.41) is 0. The van der Waals surface area contributed by atoms with E-state index in [1.807, 2.05) is 23.1 Å². The van der Waals surface area contributed by atoms with E-state index < -0.39 is 0 Å². The SMILES string of the molecule is CCC1C=C(C)c2ccccc2N1C(C)=O. The van der Waals surface area contributed by atoms with Crippen LogP contribution in [0.3, 0.4) is 0 Å². The molecule has 0 aliphatic carbocycles. The number of allylic oxidation sites excluding steroid dienone is 1. The highest BCUT2D eigenvalue weighted by Crippen LogP contribution is 2.34. The monoisotopic (exact) mass is 215 g/mol. The van der Waals surface area contributed by atoms with Gasteiger partial charge < -0.3 is 4.90 Å². The molecule has 0 radical (unpaired) electrons. The Morgan fingerprint density at radius 1 is 1.38 bits per heavy atom. The molecule has 0 saturated carbocycles. The van der Waals surface area contributed by atoms with Crippen molar-refractivity contribution in [3.05, 3.63) is 35.9 Å². The van der Waals surface area contributed by atoms with Crippen molar-refractivity contribution >= 4 is 17.2 Å². The van der Waals surface area contributed by atoms with Gasteiger partial charge in [-0.1, -0.05) is 31.2 Å². The molecule has 2 rings (SSSR count). The van der Waals surface area contributed by atoms with Crippen LogP contribution in [-0.2, 0) is 4.79 Å². The lowest BCUT2D eigenvalue weighted by atomic mass is 9.95. The number of carbonyl (C=O) groups is 1. The van der Waals surface area contributed by atoms with E-state index in [2.05, 4.69) is 26.0 Å². The molecule has 2 nitrogen and oxygen atoms in total. The van der Waals surface area contributed by atoms with Gasteiger partial charge in [0.05, 0.1) is 11.7 Å². The van der Waals surface area contributed by atoms with E-state index in [-0.39, 0.29) is 11.9 Å². The molecule has 0 aromatic heterocycles. The Balaban J connectivity index is 2.57. The Kier molecular flexibility index (Phi) is 2.82. The lowest BCUT2D eigenvalue weighted by Crippen LogP contribution is -2.40. The summed E-state index contributed by atoms with van der Waals surface area (Å²) in [5.41, 5.74) is 3.48. The van der Waals surface area contributed by atoms with Gasteiger partial charge in [-0.05, 0) is 25.0 Å². The minimum absolute atomic E-state index is 0.114. The van der Waals surface area contributed by atoms with Gasteiger partial charge in [0.25, 0.3) is 0 Å². The summed E-state index contributed by atoms with van der Waals surface area (Å²) in [6.07, 6.45) is 3.13. The molecule has 2 heteroatoms. The maximum atomic E-state index is 11.7. The van der Waals surface area contributed by atoms with Crippen LogP contribution in [0, 0.1) is 0 Å². The average Bonchev–Trinajstić information content (AvgIpc) is 2.28. The summed E-state index contributed by atoms with van der Waals surface area (Å²) < 4.78 is 0. The molecule has 0 saturated heterocycles. The number of hydrogen-bond acceptors (Lipinski definition) is 1. The van der Waals surface area contributed by atoms with E-state index in [0.717, 1.165) is 12.1 Å². The summed E-state index contributed by atoms with van der Waals surface area (Å²) in [7, 11) is 0. The number of anilines is 1. The molecular formula is C14H17NO. The molecule has 1 heterocycles. The Morgan fingerprint density at radius 3 is 2.69 bits per heavy atom. The van der Waals surface area contributed by atoms with E-state index in [1.165, 1.54) is 11.1 Å². The molecule has 0 spiro atoms. The van der Waals surface area contributed by atoms with Crippen LogP contribution in [0.25, 0.3) is 5.57 Å². The van der Waals surface area contributed by atoms with E-state index in [1.54, 1.807) is 6.92 Å². The third kappa shape index (κ3) is 1.64. The second-order valence-electron chi connectivity index (χ2n) is 4.23. The number of fused-ring (bicyclic) bond motifs is 1. The number of amides is 1. The first-order valence-electron chi connectivity index (χ1n) is 5.72. The first-order valence-corrected chi connectivity index (χ1v) is 5.72. The maximum absolute atomic E-state index is 11.7. The van der Waals surface area contributed by atoms with Gasteiger partial charge in [0.15, 0.2) is 0 Å². The van der Waals surface area contributed by atoms with Gasteiger partial charge in [0.2, 0.25) is 5.91 Å². The van der Waals surface area contributed by atoms with Crippen molar-refractivity contribution in [1.29, 1.82) is 0 Å². The molecule has 84 valence electrons. The van der Waals surface area contributed by atoms with Crippen LogP contribution in [0.2, 0.25) is 0 Å². The van der Waals surface area contributed by atoms with Gasteiger partial charge in [-0.25, -0.2) is 0 Å². The summed E-state index contributed by atoms with van der Waals surface area (Å²) in [5.74, 6) is 0.114. The van der Waals surface area contributed by atoms with Crippen LogP contribution >= 0.6 is 0 Å². The molecule has 1 unspecified atom stereocenters. The summed E-state index contributed by atoms with van der Waals surface area (Å²) >= 11 is 0. The number of rotatable bonds is 1. The van der Waals surface area contributed by atoms with Crippen molar-refractivity contribution in [3.63, 3.8) is 0 Å². The third-order valence-electron chi connectivity index (χ3n) is 3.12. The van der Waals surface area contributed by atoms with Crippen LogP contribution < -0.4 is 4.90 Å². The lowest BCUT2D eigenvalue weighted by Gasteiger charge is -2.34. The van der Waals surface area contributed by atoms with Gasteiger partial charge in [-0.3, -0.25) is 4.79 Å². The number of carbonyl (C=O) groups excluding carboxylic acids is 1. The highest BCUT2D eigenvalue weighted by atomic mass is 16.2. The van der Waals surface area contributed by atoms with Gasteiger partial charge in [0.1, 0.15) is 0 Å². The molecule has 16 heavy (non-hydrogen) atoms. The topological polar surface area (TPSA) is 20.3 Å². The van der Waals surface area contributed by atoms with Crippen molar-refractivity contribution in [2.24, 2.45) is 0 Å². The van der Waals surface area contributed by atoms with Gasteiger partial charge in [-0.15, -0.1) is 0 Å². The van der Waals surface area contributed by atoms with Crippen molar-refractivity contribution in [3.8, 4) is 0 Å². The van der Waals surface area contributed by atoms with Gasteiger partial charge in [-0.2, -0.15) is 0 Å². The average molecular weight is 215 g/mol. The van der Waals surface area contributed by atoms with Crippen molar-refractivity contribution in [2.45, 2.75) is 33.2 Å². The number of benzene rings is 1. The summed E-state index contributed by atoms with van der Waals surface area (Å²) in [6.45, 7) is 5.85. The van der Waals surface area contributed by atoms with Gasteiger partial charge in [0, 0.05) is 12.5 Å². The fourth-order valence-corrected chi connectivity index (χ4v) is 2.35. The zero-order valence-corrected chi connectivity index (χ0v) is 10.0. The second kappa shape index (κ2) is 4.12. The quantitative estimate of drug-likeness (QED) is 0.704. The molecule has 1 aromatic rings. The molecule has 0 fully saturated rings. The molecule has 0 bridgehead atoms. The lowest BCUT2D eigenvalue weighted by molar-refractivity contribution is -0.116. The number of para-hydroxylation sites is 1. The van der Waals surface area contributed by atoms with Crippen molar-refractivity contribution in [1.82, 2.24) is 0 Å². The van der Waals surface area contributed by atoms with Gasteiger partial charge >= 0.3 is 0 Å². The zero-order valence-electron chi connectivity index (χ0n) is 10.0. The van der Waals surface area contributed by atoms with Crippen LogP contribution in [0.5, 0.6) is 0 Å². The highest BCUT2D eigenvalue weighted by molar-refractivity contribution is 5.98. The molecule has 1 aliphatic heterocycles. The first kappa shape index (κ1) is 10.9. The first-order chi connectivity index (χ1) is 7.65. The molecule has 1 aliphatic rings. The van der Waals surface area contributed by atoms with E-state index in [4.69, 9.17) is 0 Å². The summed E-state index contributed by atoms with van der Waals surface area (Å²) in [4.78, 5) is 13.6. The standard InChI is InChI=1S/C14H17NO/c1-4-12-9-10(2)13-7-5-6-8-14(13)15(12)11(3)16/h5-9,12H,4H2,1-3H3. The second-order valence-corrected chi connectivity index (χ2v) is 4.23. The minimum Gasteiger partial charge on any atom is -0.305 e. The van der Waals surface area contributed by atoms with Crippen LogP contribution in [-0.4, -0.2) is 11.9 Å². The predicted molar refractivity (Wildman–Crippen MR) is 67.3 cm³/mol. The molecule has 1 amide bonds. The van der Waals surface area contributed by atoms with E-state index in [0.29, 0.717) is 0 Å². The third-order valence-corrected chi connectivity index (χ3v) is 3.12. The smallest absolute Gasteiger partial charge is 0.224 e. The fourth-order valence-electron chi connectivity index (χ4n) is 2.35.